The van der Waals surface area contributed by atoms with Crippen molar-refractivity contribution in [3.8, 4) is 11.3 Å². The molecule has 0 amide bonds. The third kappa shape index (κ3) is 2.71. The van der Waals surface area contributed by atoms with Gasteiger partial charge in [-0.1, -0.05) is 5.16 Å². The van der Waals surface area contributed by atoms with Crippen LogP contribution in [0, 0.1) is 13.8 Å². The number of nitrogens with zero attached hydrogens (tertiary/aromatic N) is 5. The highest BCUT2D eigenvalue weighted by molar-refractivity contribution is 5.62. The number of aromatic nitrogens is 5. The van der Waals surface area contributed by atoms with Gasteiger partial charge in [0, 0.05) is 18.4 Å². The number of hydrogen-bond donors (Lipinski definition) is 1. The molecule has 1 atom stereocenters. The second kappa shape index (κ2) is 6.16. The van der Waals surface area contributed by atoms with Gasteiger partial charge in [-0.2, -0.15) is 0 Å². The van der Waals surface area contributed by atoms with Gasteiger partial charge < -0.3 is 9.51 Å². The van der Waals surface area contributed by atoms with Gasteiger partial charge in [0.15, 0.2) is 0 Å². The first-order valence-electron chi connectivity index (χ1n) is 8.19. The van der Waals surface area contributed by atoms with Crippen molar-refractivity contribution in [1.29, 1.82) is 0 Å². The summed E-state index contributed by atoms with van der Waals surface area (Å²) in [7, 11) is 0. The van der Waals surface area contributed by atoms with Crippen molar-refractivity contribution in [2.45, 2.75) is 39.3 Å². The fraction of sp³-hybridized carbons (Fsp3) is 0.412. The first-order chi connectivity index (χ1) is 11.7. The van der Waals surface area contributed by atoms with Gasteiger partial charge in [0.05, 0.1) is 47.4 Å². The Morgan fingerprint density at radius 1 is 1.25 bits per heavy atom. The third-order valence-electron chi connectivity index (χ3n) is 4.58. The summed E-state index contributed by atoms with van der Waals surface area (Å²) < 4.78 is 5.27. The molecule has 4 rings (SSSR count). The lowest BCUT2D eigenvalue weighted by Crippen LogP contribution is -2.23. The highest BCUT2D eigenvalue weighted by Crippen LogP contribution is 2.33. The summed E-state index contributed by atoms with van der Waals surface area (Å²) in [5, 5.41) is 4.02. The maximum absolute atomic E-state index is 5.27. The molecule has 1 fully saturated rings. The minimum absolute atomic E-state index is 0.279. The van der Waals surface area contributed by atoms with Gasteiger partial charge in [0.1, 0.15) is 5.76 Å². The third-order valence-corrected chi connectivity index (χ3v) is 4.58. The number of nitrogens with one attached hydrogen (secondary N) is 1. The molecule has 0 radical (unpaired) electrons. The van der Waals surface area contributed by atoms with Crippen molar-refractivity contribution >= 4 is 0 Å². The van der Waals surface area contributed by atoms with Gasteiger partial charge in [-0.05, 0) is 33.2 Å². The van der Waals surface area contributed by atoms with Crippen molar-refractivity contribution in [2.24, 2.45) is 0 Å². The van der Waals surface area contributed by atoms with Gasteiger partial charge in [-0.25, -0.2) is 9.97 Å². The van der Waals surface area contributed by atoms with Crippen LogP contribution in [0.25, 0.3) is 11.3 Å². The highest BCUT2D eigenvalue weighted by Gasteiger charge is 2.28. The highest BCUT2D eigenvalue weighted by atomic mass is 16.5. The second-order valence-electron chi connectivity index (χ2n) is 6.23. The van der Waals surface area contributed by atoms with Crippen LogP contribution < -0.4 is 0 Å². The van der Waals surface area contributed by atoms with Crippen LogP contribution in [0.15, 0.2) is 29.4 Å². The first kappa shape index (κ1) is 15.0. The van der Waals surface area contributed by atoms with Crippen LogP contribution in [-0.4, -0.2) is 36.5 Å². The van der Waals surface area contributed by atoms with Gasteiger partial charge >= 0.3 is 0 Å². The van der Waals surface area contributed by atoms with E-state index in [4.69, 9.17) is 9.51 Å². The van der Waals surface area contributed by atoms with Crippen molar-refractivity contribution in [3.05, 3.63) is 47.8 Å². The molecule has 0 aromatic carbocycles. The zero-order valence-electron chi connectivity index (χ0n) is 13.9. The maximum Gasteiger partial charge on any atom is 0.143 e. The molecule has 0 unspecified atom stereocenters. The number of hydrogen-bond acceptors (Lipinski definition) is 6. The molecule has 7 nitrogen and oxygen atoms in total. The number of aromatic amines is 1. The minimum atomic E-state index is 0.279. The molecule has 4 heterocycles. The zero-order valence-corrected chi connectivity index (χ0v) is 13.9. The largest absolute Gasteiger partial charge is 0.361 e. The van der Waals surface area contributed by atoms with E-state index in [1.54, 1.807) is 12.5 Å². The number of rotatable bonds is 4. The Labute approximate surface area is 140 Å². The molecule has 0 aliphatic carbocycles. The van der Waals surface area contributed by atoms with E-state index in [1.807, 2.05) is 26.2 Å². The normalized spacial score (nSPS) is 18.3. The SMILES string of the molecule is Cc1noc(C)c1-c1cncc([C@H]2CCCN2Cc2cnc[nH]2)n1. The average molecular weight is 324 g/mol. The smallest absolute Gasteiger partial charge is 0.143 e. The quantitative estimate of drug-likeness (QED) is 0.794. The van der Waals surface area contributed by atoms with E-state index in [0.717, 1.165) is 60.0 Å². The molecule has 3 aromatic rings. The summed E-state index contributed by atoms with van der Waals surface area (Å²) in [6, 6.07) is 0.279. The summed E-state index contributed by atoms with van der Waals surface area (Å²) in [5.74, 6) is 0.777. The molecule has 0 saturated carbocycles. The number of imidazole rings is 1. The molecule has 0 bridgehead atoms. The summed E-state index contributed by atoms with van der Waals surface area (Å²) in [6.07, 6.45) is 9.51. The van der Waals surface area contributed by atoms with E-state index >= 15 is 0 Å². The van der Waals surface area contributed by atoms with Gasteiger partial charge in [0.25, 0.3) is 0 Å². The van der Waals surface area contributed by atoms with E-state index < -0.39 is 0 Å². The van der Waals surface area contributed by atoms with E-state index in [9.17, 15) is 0 Å². The molecule has 1 aliphatic heterocycles. The summed E-state index contributed by atoms with van der Waals surface area (Å²) >= 11 is 0. The van der Waals surface area contributed by atoms with Crippen LogP contribution in [0.2, 0.25) is 0 Å². The van der Waals surface area contributed by atoms with Crippen LogP contribution >= 0.6 is 0 Å². The number of H-pyrrole nitrogens is 1. The fourth-order valence-electron chi connectivity index (χ4n) is 3.45. The summed E-state index contributed by atoms with van der Waals surface area (Å²) in [6.45, 7) is 5.74. The predicted octanol–water partition coefficient (Wildman–Crippen LogP) is 2.81. The lowest BCUT2D eigenvalue weighted by atomic mass is 10.1. The fourth-order valence-corrected chi connectivity index (χ4v) is 3.45. The lowest BCUT2D eigenvalue weighted by molar-refractivity contribution is 0.241. The van der Waals surface area contributed by atoms with Crippen LogP contribution in [0.1, 0.15) is 41.7 Å². The van der Waals surface area contributed by atoms with E-state index in [0.29, 0.717) is 0 Å². The molecule has 1 N–H and O–H groups in total. The van der Waals surface area contributed by atoms with E-state index in [2.05, 4.69) is 25.0 Å². The molecular formula is C17H20N6O. The topological polar surface area (TPSA) is 83.7 Å². The average Bonchev–Trinajstić information content (AvgIpc) is 3.31. The second-order valence-corrected chi connectivity index (χ2v) is 6.23. The molecule has 124 valence electrons. The van der Waals surface area contributed by atoms with E-state index in [-0.39, 0.29) is 6.04 Å². The van der Waals surface area contributed by atoms with Crippen LogP contribution in [0.3, 0.4) is 0 Å². The van der Waals surface area contributed by atoms with Gasteiger partial charge in [-0.15, -0.1) is 0 Å². The van der Waals surface area contributed by atoms with Crippen LogP contribution in [0.5, 0.6) is 0 Å². The van der Waals surface area contributed by atoms with Crippen molar-refractivity contribution in [3.63, 3.8) is 0 Å². The van der Waals surface area contributed by atoms with Gasteiger partial charge in [-0.3, -0.25) is 9.88 Å². The molecule has 1 saturated heterocycles. The monoisotopic (exact) mass is 324 g/mol. The molecule has 1 aliphatic rings. The zero-order chi connectivity index (χ0) is 16.5. The molecule has 7 heteroatoms. The molecule has 3 aromatic heterocycles. The number of likely N-dealkylation sites (tertiary alicyclic amines) is 1. The maximum atomic E-state index is 5.27. The summed E-state index contributed by atoms with van der Waals surface area (Å²) in [5.41, 5.74) is 4.75. The Balaban J connectivity index is 1.63. The first-order valence-corrected chi connectivity index (χ1v) is 8.19. The molecule has 0 spiro atoms. The summed E-state index contributed by atoms with van der Waals surface area (Å²) in [4.78, 5) is 19.0. The molecular weight excluding hydrogens is 304 g/mol. The lowest BCUT2D eigenvalue weighted by Gasteiger charge is -2.23. The van der Waals surface area contributed by atoms with Crippen molar-refractivity contribution in [2.75, 3.05) is 6.54 Å². The minimum Gasteiger partial charge on any atom is -0.361 e. The van der Waals surface area contributed by atoms with Crippen molar-refractivity contribution in [1.82, 2.24) is 30.0 Å². The van der Waals surface area contributed by atoms with E-state index in [1.165, 1.54) is 0 Å². The van der Waals surface area contributed by atoms with Crippen LogP contribution in [0.4, 0.5) is 0 Å². The number of aryl methyl sites for hydroxylation is 2. The Kier molecular flexibility index (Phi) is 3.86. The standard InChI is InChI=1S/C17H20N6O/c1-11-17(12(2)24-22-11)15-8-18-7-14(21-15)16-4-3-5-23(16)9-13-6-19-10-20-13/h6-8,10,16H,3-5,9H2,1-2H3,(H,19,20)/t16-/m1/s1. The Hall–Kier alpha value is -2.54. The van der Waals surface area contributed by atoms with Crippen LogP contribution in [-0.2, 0) is 6.54 Å². The van der Waals surface area contributed by atoms with Crippen molar-refractivity contribution < 1.29 is 4.52 Å². The Bertz CT molecular complexity index is 806. The van der Waals surface area contributed by atoms with Gasteiger partial charge in [0.2, 0.25) is 0 Å². The molecule has 24 heavy (non-hydrogen) atoms. The Morgan fingerprint density at radius 2 is 2.17 bits per heavy atom. The predicted molar refractivity (Wildman–Crippen MR) is 88.0 cm³/mol. The Morgan fingerprint density at radius 3 is 2.92 bits per heavy atom.